The van der Waals surface area contributed by atoms with Crippen molar-refractivity contribution in [2.24, 2.45) is 0 Å². The van der Waals surface area contributed by atoms with Crippen molar-refractivity contribution in [1.29, 1.82) is 0 Å². The summed E-state index contributed by atoms with van der Waals surface area (Å²) in [6.45, 7) is 14.2. The Morgan fingerprint density at radius 2 is 1.39 bits per heavy atom. The van der Waals surface area contributed by atoms with Crippen LogP contribution in [0.1, 0.15) is 72.8 Å². The summed E-state index contributed by atoms with van der Waals surface area (Å²) >= 11 is 0. The third kappa shape index (κ3) is 4.20. The van der Waals surface area contributed by atoms with Gasteiger partial charge in [-0.05, 0) is 96.9 Å². The maximum Gasteiger partial charge on any atom is 0.169 e. The van der Waals surface area contributed by atoms with Gasteiger partial charge >= 0.3 is 0 Å². The van der Waals surface area contributed by atoms with Crippen molar-refractivity contribution in [1.82, 2.24) is 14.1 Å². The number of hydrogen-bond acceptors (Lipinski definition) is 3. The van der Waals surface area contributed by atoms with Crippen LogP contribution in [0.4, 0.5) is 4.39 Å². The molecule has 0 spiro atoms. The number of benzene rings is 1. The standard InChI is InChI=1S/C32H44FN3OSi/c1-21(2)38(22(3)4,23(5)6)36-20-29(32(37)18-27-12-13-28(19-32)35(27)7)30(24-14-16-34-17-15-24)31(36)25-8-10-26(33)11-9-25/h8-11,14-17,20-23,27-28,37H,12-13,18-19H2,1-7H3. The summed E-state index contributed by atoms with van der Waals surface area (Å²) in [4.78, 5) is 6.79. The Bertz CT molecular complexity index is 1230. The highest BCUT2D eigenvalue weighted by atomic mass is 28.3. The average Bonchev–Trinajstić information content (AvgIpc) is 3.35. The number of fused-ring (bicyclic) bond motifs is 2. The molecule has 2 saturated heterocycles. The average molecular weight is 534 g/mol. The Balaban J connectivity index is 1.88. The van der Waals surface area contributed by atoms with Gasteiger partial charge < -0.3 is 14.2 Å². The number of piperidine rings is 1. The van der Waals surface area contributed by atoms with E-state index in [1.54, 1.807) is 12.1 Å². The Labute approximate surface area is 229 Å². The van der Waals surface area contributed by atoms with Crippen molar-refractivity contribution in [2.75, 3.05) is 7.05 Å². The third-order valence-electron chi connectivity index (χ3n) is 9.92. The van der Waals surface area contributed by atoms with E-state index in [0.717, 1.165) is 53.6 Å². The number of halogens is 1. The van der Waals surface area contributed by atoms with Crippen LogP contribution in [-0.4, -0.2) is 46.6 Å². The van der Waals surface area contributed by atoms with Crippen molar-refractivity contribution in [3.05, 3.63) is 66.4 Å². The van der Waals surface area contributed by atoms with Gasteiger partial charge in [0.05, 0.1) is 5.60 Å². The molecule has 0 saturated carbocycles. The van der Waals surface area contributed by atoms with Gasteiger partial charge in [0.15, 0.2) is 8.24 Å². The number of aliphatic hydroxyl groups is 1. The fraction of sp³-hybridized carbons (Fsp3) is 0.531. The van der Waals surface area contributed by atoms with Crippen LogP contribution >= 0.6 is 0 Å². The van der Waals surface area contributed by atoms with E-state index in [1.165, 1.54) is 0 Å². The van der Waals surface area contributed by atoms with Crippen LogP contribution < -0.4 is 0 Å². The lowest BCUT2D eigenvalue weighted by molar-refractivity contribution is -0.0488. The lowest BCUT2D eigenvalue weighted by Crippen LogP contribution is -2.52. The van der Waals surface area contributed by atoms with Crippen LogP contribution in [0.25, 0.3) is 22.4 Å². The maximum absolute atomic E-state index is 14.2. The third-order valence-corrected chi connectivity index (χ3v) is 16.7. The summed E-state index contributed by atoms with van der Waals surface area (Å²) < 4.78 is 16.8. The highest BCUT2D eigenvalue weighted by Crippen LogP contribution is 2.53. The van der Waals surface area contributed by atoms with Crippen LogP contribution in [0.2, 0.25) is 16.6 Å². The topological polar surface area (TPSA) is 41.3 Å². The van der Waals surface area contributed by atoms with E-state index in [-0.39, 0.29) is 5.82 Å². The first-order valence-corrected chi connectivity index (χ1v) is 16.6. The normalized spacial score (nSPS) is 24.2. The van der Waals surface area contributed by atoms with Gasteiger partial charge in [0.25, 0.3) is 0 Å². The second-order valence-electron chi connectivity index (χ2n) is 12.7. The van der Waals surface area contributed by atoms with E-state index < -0.39 is 13.8 Å². The van der Waals surface area contributed by atoms with Crippen molar-refractivity contribution in [3.8, 4) is 22.4 Å². The van der Waals surface area contributed by atoms with E-state index >= 15 is 0 Å². The Morgan fingerprint density at radius 3 is 1.89 bits per heavy atom. The molecule has 2 aliphatic rings. The first-order chi connectivity index (χ1) is 18.0. The van der Waals surface area contributed by atoms with Crippen LogP contribution in [-0.2, 0) is 5.60 Å². The van der Waals surface area contributed by atoms with Crippen molar-refractivity contribution in [3.63, 3.8) is 0 Å². The summed E-state index contributed by atoms with van der Waals surface area (Å²) in [7, 11) is -0.0134. The molecule has 204 valence electrons. The molecule has 4 heterocycles. The fourth-order valence-corrected chi connectivity index (χ4v) is 15.0. The van der Waals surface area contributed by atoms with Gasteiger partial charge in [0.1, 0.15) is 5.82 Å². The molecule has 2 bridgehead atoms. The van der Waals surface area contributed by atoms with Gasteiger partial charge in [-0.2, -0.15) is 0 Å². The predicted octanol–water partition coefficient (Wildman–Crippen LogP) is 7.82. The summed E-state index contributed by atoms with van der Waals surface area (Å²) in [6.07, 6.45) is 9.78. The Hall–Kier alpha value is -2.28. The highest BCUT2D eigenvalue weighted by Gasteiger charge is 2.51. The molecular formula is C32H44FN3OSi. The quantitative estimate of drug-likeness (QED) is 0.315. The minimum Gasteiger partial charge on any atom is -0.385 e. The molecule has 3 aromatic rings. The van der Waals surface area contributed by atoms with Gasteiger partial charge in [0, 0.05) is 47.5 Å². The molecule has 2 fully saturated rings. The molecule has 0 amide bonds. The number of nitrogens with zero attached hydrogens (tertiary/aromatic N) is 3. The predicted molar refractivity (Wildman–Crippen MR) is 157 cm³/mol. The summed E-state index contributed by atoms with van der Waals surface area (Å²) in [5, 5.41) is 12.6. The van der Waals surface area contributed by atoms with Gasteiger partial charge in [0.2, 0.25) is 0 Å². The smallest absolute Gasteiger partial charge is 0.169 e. The van der Waals surface area contributed by atoms with Crippen molar-refractivity contribution >= 4 is 8.24 Å². The molecular weight excluding hydrogens is 489 g/mol. The maximum atomic E-state index is 14.2. The van der Waals surface area contributed by atoms with Crippen molar-refractivity contribution < 1.29 is 9.50 Å². The Morgan fingerprint density at radius 1 is 0.868 bits per heavy atom. The zero-order valence-electron chi connectivity index (χ0n) is 24.1. The first kappa shape index (κ1) is 27.3. The first-order valence-electron chi connectivity index (χ1n) is 14.4. The number of pyridine rings is 1. The fourth-order valence-electron chi connectivity index (χ4n) is 8.37. The van der Waals surface area contributed by atoms with Gasteiger partial charge in [-0.1, -0.05) is 41.5 Å². The molecule has 1 N–H and O–H groups in total. The van der Waals surface area contributed by atoms with E-state index in [1.807, 2.05) is 24.5 Å². The second kappa shape index (κ2) is 10.0. The molecule has 0 radical (unpaired) electrons. The van der Waals surface area contributed by atoms with E-state index in [4.69, 9.17) is 0 Å². The summed E-state index contributed by atoms with van der Waals surface area (Å²) in [5.41, 5.74) is 5.79. The molecule has 5 rings (SSSR count). The minimum atomic E-state index is -2.23. The molecule has 2 aliphatic heterocycles. The van der Waals surface area contributed by atoms with Crippen LogP contribution in [0.15, 0.2) is 55.0 Å². The molecule has 6 heteroatoms. The lowest BCUT2D eigenvalue weighted by atomic mass is 9.78. The number of aromatic nitrogens is 2. The lowest BCUT2D eigenvalue weighted by Gasteiger charge is -2.45. The zero-order chi connectivity index (χ0) is 27.4. The van der Waals surface area contributed by atoms with E-state index in [9.17, 15) is 9.50 Å². The zero-order valence-corrected chi connectivity index (χ0v) is 25.1. The number of hydrogen-bond donors (Lipinski definition) is 1. The monoisotopic (exact) mass is 533 g/mol. The molecule has 38 heavy (non-hydrogen) atoms. The SMILES string of the molecule is CC(C)[Si](C(C)C)(C(C)C)n1cc(C2(O)CC3CCC(C2)N3C)c(-c2ccncc2)c1-c1ccc(F)cc1. The van der Waals surface area contributed by atoms with Gasteiger partial charge in [-0.3, -0.25) is 4.98 Å². The molecule has 0 aliphatic carbocycles. The molecule has 2 atom stereocenters. The van der Waals surface area contributed by atoms with Gasteiger partial charge in [-0.15, -0.1) is 0 Å². The second-order valence-corrected chi connectivity index (χ2v) is 18.4. The highest BCUT2D eigenvalue weighted by molar-refractivity contribution is 6.82. The minimum absolute atomic E-state index is 0.233. The largest absolute Gasteiger partial charge is 0.385 e. The van der Waals surface area contributed by atoms with Crippen LogP contribution in [0.3, 0.4) is 0 Å². The van der Waals surface area contributed by atoms with E-state index in [0.29, 0.717) is 28.7 Å². The summed E-state index contributed by atoms with van der Waals surface area (Å²) in [5.74, 6) is -0.233. The molecule has 4 nitrogen and oxygen atoms in total. The molecule has 2 unspecified atom stereocenters. The molecule has 2 aromatic heterocycles. The Kier molecular flexibility index (Phi) is 7.21. The number of rotatable bonds is 7. The van der Waals surface area contributed by atoms with E-state index in [2.05, 4.69) is 81.0 Å². The van der Waals surface area contributed by atoms with Gasteiger partial charge in [-0.25, -0.2) is 4.39 Å². The summed E-state index contributed by atoms with van der Waals surface area (Å²) in [6, 6.07) is 11.9. The van der Waals surface area contributed by atoms with Crippen molar-refractivity contribution in [2.45, 2.75) is 102 Å². The molecule has 1 aromatic carbocycles. The van der Waals surface area contributed by atoms with Crippen LogP contribution in [0, 0.1) is 5.82 Å². The van der Waals surface area contributed by atoms with Crippen LogP contribution in [0.5, 0.6) is 0 Å².